The van der Waals surface area contributed by atoms with Gasteiger partial charge < -0.3 is 0 Å². The Morgan fingerprint density at radius 1 is 0.969 bits per heavy atom. The molecule has 2 fully saturated rings. The van der Waals surface area contributed by atoms with Gasteiger partial charge in [-0.15, -0.1) is 16.3 Å². The van der Waals surface area contributed by atoms with Crippen LogP contribution in [0, 0.1) is 0 Å². The first-order valence-electron chi connectivity index (χ1n) is 11.8. The lowest BCUT2D eigenvalue weighted by molar-refractivity contribution is -0.578. The molecule has 0 unspecified atom stereocenters. The van der Waals surface area contributed by atoms with Gasteiger partial charge in [-0.2, -0.15) is 0 Å². The second-order valence-corrected chi connectivity index (χ2v) is 10.5. The number of benzene rings is 2. The van der Waals surface area contributed by atoms with E-state index in [4.69, 9.17) is 4.98 Å². The Hall–Kier alpha value is -2.63. The number of nitrogens with zero attached hydrogens (tertiary/aromatic N) is 3. The van der Waals surface area contributed by atoms with Crippen molar-refractivity contribution in [3.63, 3.8) is 0 Å². The quantitative estimate of drug-likeness (QED) is 0.389. The zero-order chi connectivity index (χ0) is 21.3. The van der Waals surface area contributed by atoms with Crippen LogP contribution in [-0.4, -0.2) is 33.3 Å². The molecule has 162 valence electrons. The number of hydrogen-bond acceptors (Lipinski definition) is 3. The summed E-state index contributed by atoms with van der Waals surface area (Å²) in [6.07, 6.45) is 13.0. The molecule has 2 aromatic heterocycles. The van der Waals surface area contributed by atoms with Crippen molar-refractivity contribution in [3.8, 4) is 22.3 Å². The molecule has 1 saturated heterocycles. The predicted octanol–water partition coefficient (Wildman–Crippen LogP) is 5.72. The standard InChI is InChI=1S/C27H28N4S/c1-2-13-30(14-3-1)18-20-7-9-21(10-8-20)23-16-28-27-26(17-29-31(27)19-23)22-5-4-6-25(15-22)32-24-11-12-24/h4-10,15-17,19,24H,1-3,11-14,18H2/p+1. The molecule has 1 aliphatic carbocycles. The molecule has 1 aliphatic heterocycles. The lowest BCUT2D eigenvalue weighted by Crippen LogP contribution is -2.29. The number of rotatable bonds is 6. The highest BCUT2D eigenvalue weighted by Crippen LogP contribution is 2.40. The number of hydrogen-bond donors (Lipinski definition) is 1. The second-order valence-electron chi connectivity index (χ2n) is 9.10. The number of fused-ring (bicyclic) bond motifs is 1. The molecule has 3 heterocycles. The molecule has 0 radical (unpaired) electrons. The minimum absolute atomic E-state index is 0.814. The molecular weight excluding hydrogens is 412 g/mol. The van der Waals surface area contributed by atoms with E-state index in [1.807, 2.05) is 22.5 Å². The number of aromatic amines is 1. The van der Waals surface area contributed by atoms with E-state index in [1.165, 1.54) is 66.8 Å². The van der Waals surface area contributed by atoms with Crippen molar-refractivity contribution in [2.24, 2.45) is 0 Å². The molecule has 5 heteroatoms. The van der Waals surface area contributed by atoms with Crippen molar-refractivity contribution in [2.75, 3.05) is 13.1 Å². The Labute approximate surface area is 193 Å². The van der Waals surface area contributed by atoms with E-state index in [0.717, 1.165) is 28.6 Å². The average molecular weight is 442 g/mol. The maximum Gasteiger partial charge on any atom is 0.355 e. The maximum atomic E-state index is 4.83. The molecule has 6 rings (SSSR count). The third kappa shape index (κ3) is 4.32. The Balaban J connectivity index is 1.23. The van der Waals surface area contributed by atoms with Crippen LogP contribution in [0.5, 0.6) is 0 Å². The van der Waals surface area contributed by atoms with Gasteiger partial charge in [-0.3, -0.25) is 4.90 Å². The van der Waals surface area contributed by atoms with Gasteiger partial charge in [0.2, 0.25) is 0 Å². The van der Waals surface area contributed by atoms with Crippen LogP contribution >= 0.6 is 11.8 Å². The summed E-state index contributed by atoms with van der Waals surface area (Å²) in [6, 6.07) is 17.8. The number of H-pyrrole nitrogens is 1. The van der Waals surface area contributed by atoms with Crippen LogP contribution in [0.25, 0.3) is 27.9 Å². The fourth-order valence-electron chi connectivity index (χ4n) is 4.58. The molecule has 32 heavy (non-hydrogen) atoms. The number of piperidine rings is 1. The van der Waals surface area contributed by atoms with Crippen molar-refractivity contribution in [1.82, 2.24) is 15.0 Å². The number of nitrogens with one attached hydrogen (secondary N) is 1. The summed E-state index contributed by atoms with van der Waals surface area (Å²) in [5.74, 6) is 0. The molecule has 0 atom stereocenters. The first-order valence-corrected chi connectivity index (χ1v) is 12.7. The van der Waals surface area contributed by atoms with Crippen LogP contribution in [-0.2, 0) is 6.54 Å². The van der Waals surface area contributed by atoms with E-state index in [9.17, 15) is 0 Å². The normalized spacial score (nSPS) is 17.1. The van der Waals surface area contributed by atoms with E-state index in [-0.39, 0.29) is 0 Å². The molecule has 2 aliphatic rings. The largest absolute Gasteiger partial charge is 0.355 e. The van der Waals surface area contributed by atoms with Gasteiger partial charge in [0, 0.05) is 16.7 Å². The zero-order valence-corrected chi connectivity index (χ0v) is 19.2. The molecule has 4 aromatic rings. The summed E-state index contributed by atoms with van der Waals surface area (Å²) in [5, 5.41) is 4.19. The Morgan fingerprint density at radius 2 is 1.81 bits per heavy atom. The van der Waals surface area contributed by atoms with E-state index in [1.54, 1.807) is 0 Å². The first-order chi connectivity index (χ1) is 15.8. The van der Waals surface area contributed by atoms with Crippen molar-refractivity contribution in [3.05, 3.63) is 72.7 Å². The van der Waals surface area contributed by atoms with Crippen LogP contribution in [0.2, 0.25) is 0 Å². The molecule has 1 N–H and O–H groups in total. The SMILES string of the molecule is c1cc(SC2CC2)cc(-c2c[nH][n+]3cc(-c4ccc(CN5CCCCC5)cc4)cnc23)c1. The van der Waals surface area contributed by atoms with Crippen molar-refractivity contribution < 1.29 is 4.52 Å². The summed E-state index contributed by atoms with van der Waals surface area (Å²) in [5.41, 5.74) is 7.04. The topological polar surface area (TPSA) is 36.0 Å². The van der Waals surface area contributed by atoms with Crippen LogP contribution in [0.3, 0.4) is 0 Å². The van der Waals surface area contributed by atoms with Gasteiger partial charge in [-0.1, -0.05) is 42.8 Å². The molecule has 1 saturated carbocycles. The fourth-order valence-corrected chi connectivity index (χ4v) is 5.69. The number of aromatic nitrogens is 3. The predicted molar refractivity (Wildman–Crippen MR) is 131 cm³/mol. The summed E-state index contributed by atoms with van der Waals surface area (Å²) >= 11 is 2.00. The summed E-state index contributed by atoms with van der Waals surface area (Å²) in [4.78, 5) is 8.75. The Morgan fingerprint density at radius 3 is 2.62 bits per heavy atom. The van der Waals surface area contributed by atoms with Crippen molar-refractivity contribution in [2.45, 2.75) is 48.8 Å². The van der Waals surface area contributed by atoms with E-state index >= 15 is 0 Å². The highest BCUT2D eigenvalue weighted by atomic mass is 32.2. The minimum atomic E-state index is 0.814. The molecule has 0 amide bonds. The highest BCUT2D eigenvalue weighted by molar-refractivity contribution is 8.00. The number of thioether (sulfide) groups is 1. The first kappa shape index (κ1) is 20.0. The summed E-state index contributed by atoms with van der Waals surface area (Å²) in [7, 11) is 0. The van der Waals surface area contributed by atoms with E-state index in [2.05, 4.69) is 70.9 Å². The smallest absolute Gasteiger partial charge is 0.299 e. The van der Waals surface area contributed by atoms with Gasteiger partial charge in [-0.05, 0) is 72.6 Å². The van der Waals surface area contributed by atoms with Crippen LogP contribution in [0.4, 0.5) is 0 Å². The van der Waals surface area contributed by atoms with Crippen LogP contribution < -0.4 is 4.52 Å². The lowest BCUT2D eigenvalue weighted by atomic mass is 10.1. The fraction of sp³-hybridized carbons (Fsp3) is 0.333. The highest BCUT2D eigenvalue weighted by Gasteiger charge is 2.23. The van der Waals surface area contributed by atoms with Crippen molar-refractivity contribution in [1.29, 1.82) is 0 Å². The molecule has 0 bridgehead atoms. The van der Waals surface area contributed by atoms with Crippen LogP contribution in [0.1, 0.15) is 37.7 Å². The zero-order valence-electron chi connectivity index (χ0n) is 18.3. The van der Waals surface area contributed by atoms with Gasteiger partial charge in [0.25, 0.3) is 0 Å². The third-order valence-electron chi connectivity index (χ3n) is 6.53. The average Bonchev–Trinajstić information content (AvgIpc) is 3.55. The molecule has 2 aromatic carbocycles. The second kappa shape index (κ2) is 8.72. The summed E-state index contributed by atoms with van der Waals surface area (Å²) in [6.45, 7) is 3.52. The van der Waals surface area contributed by atoms with Gasteiger partial charge >= 0.3 is 5.65 Å². The Kier molecular flexibility index (Phi) is 5.45. The van der Waals surface area contributed by atoms with Gasteiger partial charge in [0.05, 0.1) is 17.3 Å². The third-order valence-corrected chi connectivity index (χ3v) is 7.86. The van der Waals surface area contributed by atoms with Crippen LogP contribution in [0.15, 0.2) is 72.0 Å². The van der Waals surface area contributed by atoms with Gasteiger partial charge in [0.1, 0.15) is 6.20 Å². The Bertz CT molecular complexity index is 1220. The molecule has 4 nitrogen and oxygen atoms in total. The monoisotopic (exact) mass is 441 g/mol. The van der Waals surface area contributed by atoms with Gasteiger partial charge in [-0.25, -0.2) is 5.10 Å². The van der Waals surface area contributed by atoms with Gasteiger partial charge in [0.15, 0.2) is 6.20 Å². The van der Waals surface area contributed by atoms with E-state index in [0.29, 0.717) is 0 Å². The van der Waals surface area contributed by atoms with Crippen molar-refractivity contribution >= 4 is 17.4 Å². The summed E-state index contributed by atoms with van der Waals surface area (Å²) < 4.78 is 2.03. The maximum absolute atomic E-state index is 4.83. The minimum Gasteiger partial charge on any atom is -0.299 e. The molecular formula is C27H29N4S+. The molecule has 0 spiro atoms. The van der Waals surface area contributed by atoms with E-state index < -0.39 is 0 Å². The lowest BCUT2D eigenvalue weighted by Gasteiger charge is -2.26. The number of likely N-dealkylation sites (tertiary alicyclic amines) is 1.